The van der Waals surface area contributed by atoms with E-state index >= 15 is 0 Å². The molecule has 0 fully saturated rings. The number of nitrogens with zero attached hydrogens (tertiary/aromatic N) is 2. The molecule has 0 amide bonds. The van der Waals surface area contributed by atoms with Crippen LogP contribution in [0.1, 0.15) is 33.9 Å². The van der Waals surface area contributed by atoms with Crippen molar-refractivity contribution in [1.82, 2.24) is 9.97 Å². The second-order valence-electron chi connectivity index (χ2n) is 4.77. The normalized spacial score (nSPS) is 10.7. The molecule has 118 valence electrons. The minimum absolute atomic E-state index is 0.0935. The molecule has 22 heavy (non-hydrogen) atoms. The first-order chi connectivity index (χ1) is 10.4. The predicted octanol–water partition coefficient (Wildman–Crippen LogP) is 2.37. The maximum atomic E-state index is 11.8. The summed E-state index contributed by atoms with van der Waals surface area (Å²) in [5, 5.41) is 12.6. The summed E-state index contributed by atoms with van der Waals surface area (Å²) in [6, 6.07) is 0. The number of fused-ring (bicyclic) bond motifs is 1. The van der Waals surface area contributed by atoms with Crippen LogP contribution in [0.25, 0.3) is 10.2 Å². The van der Waals surface area contributed by atoms with Gasteiger partial charge in [0.1, 0.15) is 21.3 Å². The van der Waals surface area contributed by atoms with E-state index in [0.717, 1.165) is 10.9 Å². The van der Waals surface area contributed by atoms with Crippen LogP contribution < -0.4 is 5.32 Å². The van der Waals surface area contributed by atoms with Crippen molar-refractivity contribution in [3.8, 4) is 0 Å². The molecule has 2 heterocycles. The molecule has 0 unspecified atom stereocenters. The summed E-state index contributed by atoms with van der Waals surface area (Å²) in [7, 11) is 1.34. The lowest BCUT2D eigenvalue weighted by Crippen LogP contribution is -2.07. The Balaban J connectivity index is 2.34. The van der Waals surface area contributed by atoms with E-state index in [1.165, 1.54) is 18.4 Å². The van der Waals surface area contributed by atoms with Gasteiger partial charge in [-0.05, 0) is 25.8 Å². The fourth-order valence-corrected chi connectivity index (χ4v) is 3.25. The van der Waals surface area contributed by atoms with Crippen LogP contribution in [-0.2, 0) is 9.53 Å². The molecule has 0 aliphatic heterocycles. The topological polar surface area (TPSA) is 101 Å². The summed E-state index contributed by atoms with van der Waals surface area (Å²) < 4.78 is 4.78. The molecule has 0 bridgehead atoms. The minimum atomic E-state index is -0.828. The molecule has 0 aliphatic rings. The number of nitrogens with one attached hydrogen (secondary N) is 1. The highest BCUT2D eigenvalue weighted by molar-refractivity contribution is 7.20. The maximum absolute atomic E-state index is 11.8. The highest BCUT2D eigenvalue weighted by Crippen LogP contribution is 2.34. The average molecular weight is 323 g/mol. The molecule has 0 spiro atoms. The van der Waals surface area contributed by atoms with Crippen molar-refractivity contribution in [2.75, 3.05) is 19.0 Å². The number of ether oxygens (including phenoxy) is 1. The Bertz CT molecular complexity index is 726. The van der Waals surface area contributed by atoms with Crippen LogP contribution in [0.15, 0.2) is 0 Å². The number of thiophene rings is 1. The Hall–Kier alpha value is -2.22. The standard InChI is InChI=1S/C14H17N3O4S/c1-7-10-12(15-6-4-5-9(18)19)16-8(2)17-13(10)22-11(7)14(20)21-3/h4-6H2,1-3H3,(H,18,19)(H,15,16,17). The van der Waals surface area contributed by atoms with Crippen molar-refractivity contribution in [3.05, 3.63) is 16.3 Å². The van der Waals surface area contributed by atoms with Crippen molar-refractivity contribution in [1.29, 1.82) is 0 Å². The molecule has 0 aliphatic carbocycles. The van der Waals surface area contributed by atoms with Crippen molar-refractivity contribution >= 4 is 39.3 Å². The lowest BCUT2D eigenvalue weighted by molar-refractivity contribution is -0.137. The van der Waals surface area contributed by atoms with Gasteiger partial charge in [-0.25, -0.2) is 14.8 Å². The van der Waals surface area contributed by atoms with E-state index in [-0.39, 0.29) is 6.42 Å². The molecule has 8 heteroatoms. The third-order valence-corrected chi connectivity index (χ3v) is 4.30. The number of esters is 1. The van der Waals surface area contributed by atoms with E-state index in [4.69, 9.17) is 9.84 Å². The van der Waals surface area contributed by atoms with Gasteiger partial charge in [0, 0.05) is 13.0 Å². The third-order valence-electron chi connectivity index (χ3n) is 3.13. The monoisotopic (exact) mass is 323 g/mol. The number of carboxylic acid groups (broad SMARTS) is 1. The zero-order valence-electron chi connectivity index (χ0n) is 12.6. The van der Waals surface area contributed by atoms with Gasteiger partial charge in [0.25, 0.3) is 0 Å². The highest BCUT2D eigenvalue weighted by Gasteiger charge is 2.20. The summed E-state index contributed by atoms with van der Waals surface area (Å²) in [6.45, 7) is 4.08. The van der Waals surface area contributed by atoms with Crippen LogP contribution in [0.2, 0.25) is 0 Å². The number of carbonyl (C=O) groups is 2. The highest BCUT2D eigenvalue weighted by atomic mass is 32.1. The number of aromatic nitrogens is 2. The lowest BCUT2D eigenvalue weighted by atomic mass is 10.2. The number of anilines is 1. The number of rotatable bonds is 6. The summed E-state index contributed by atoms with van der Waals surface area (Å²) in [6.07, 6.45) is 0.586. The van der Waals surface area contributed by atoms with Gasteiger partial charge in [-0.1, -0.05) is 0 Å². The molecule has 0 aromatic carbocycles. The molecule has 0 radical (unpaired) electrons. The van der Waals surface area contributed by atoms with Crippen LogP contribution in [0, 0.1) is 13.8 Å². The molecule has 0 saturated heterocycles. The van der Waals surface area contributed by atoms with Gasteiger partial charge in [0.15, 0.2) is 0 Å². The summed E-state index contributed by atoms with van der Waals surface area (Å²) in [5.74, 6) is -0.0109. The molecule has 0 atom stereocenters. The van der Waals surface area contributed by atoms with E-state index < -0.39 is 11.9 Å². The minimum Gasteiger partial charge on any atom is -0.481 e. The van der Waals surface area contributed by atoms with Crippen LogP contribution in [-0.4, -0.2) is 40.7 Å². The SMILES string of the molecule is COC(=O)c1sc2nc(C)nc(NCCCC(=O)O)c2c1C. The van der Waals surface area contributed by atoms with Crippen LogP contribution in [0.3, 0.4) is 0 Å². The first kappa shape index (κ1) is 16.2. The fraction of sp³-hybridized carbons (Fsp3) is 0.429. The van der Waals surface area contributed by atoms with Crippen molar-refractivity contribution in [3.63, 3.8) is 0 Å². The third kappa shape index (κ3) is 3.33. The maximum Gasteiger partial charge on any atom is 0.348 e. The van der Waals surface area contributed by atoms with E-state index in [1.54, 1.807) is 6.92 Å². The average Bonchev–Trinajstić information content (AvgIpc) is 2.79. The largest absolute Gasteiger partial charge is 0.481 e. The Kier molecular flexibility index (Phi) is 4.92. The van der Waals surface area contributed by atoms with E-state index in [0.29, 0.717) is 34.3 Å². The number of methoxy groups -OCH3 is 1. The Labute approximate surface area is 131 Å². The smallest absolute Gasteiger partial charge is 0.348 e. The van der Waals surface area contributed by atoms with Crippen LogP contribution in [0.4, 0.5) is 5.82 Å². The van der Waals surface area contributed by atoms with E-state index in [9.17, 15) is 9.59 Å². The number of carbonyl (C=O) groups excluding carboxylic acids is 1. The van der Waals surface area contributed by atoms with E-state index in [2.05, 4.69) is 15.3 Å². The van der Waals surface area contributed by atoms with Gasteiger partial charge < -0.3 is 15.2 Å². The van der Waals surface area contributed by atoms with Gasteiger partial charge in [-0.15, -0.1) is 11.3 Å². The zero-order valence-corrected chi connectivity index (χ0v) is 13.4. The van der Waals surface area contributed by atoms with Crippen molar-refractivity contribution < 1.29 is 19.4 Å². The molecule has 7 nitrogen and oxygen atoms in total. The van der Waals surface area contributed by atoms with E-state index in [1.807, 2.05) is 6.92 Å². The first-order valence-electron chi connectivity index (χ1n) is 6.75. The summed E-state index contributed by atoms with van der Waals surface area (Å²) in [4.78, 5) is 32.3. The van der Waals surface area contributed by atoms with Crippen LogP contribution >= 0.6 is 11.3 Å². The molecule has 2 aromatic rings. The molecule has 2 rings (SSSR count). The Morgan fingerprint density at radius 3 is 2.68 bits per heavy atom. The van der Waals surface area contributed by atoms with Crippen LogP contribution in [0.5, 0.6) is 0 Å². The number of aliphatic carboxylic acids is 1. The van der Waals surface area contributed by atoms with Gasteiger partial charge in [0.05, 0.1) is 12.5 Å². The molecule has 2 aromatic heterocycles. The fourth-order valence-electron chi connectivity index (χ4n) is 2.11. The second-order valence-corrected chi connectivity index (χ2v) is 5.77. The molecular weight excluding hydrogens is 306 g/mol. The summed E-state index contributed by atoms with van der Waals surface area (Å²) in [5.41, 5.74) is 0.771. The first-order valence-corrected chi connectivity index (χ1v) is 7.57. The Morgan fingerprint density at radius 1 is 1.32 bits per heavy atom. The van der Waals surface area contributed by atoms with Gasteiger partial charge >= 0.3 is 11.9 Å². The quantitative estimate of drug-likeness (QED) is 0.621. The molecular formula is C14H17N3O4S. The number of aryl methyl sites for hydroxylation is 2. The number of hydrogen-bond donors (Lipinski definition) is 2. The lowest BCUT2D eigenvalue weighted by Gasteiger charge is -2.07. The van der Waals surface area contributed by atoms with Crippen molar-refractivity contribution in [2.45, 2.75) is 26.7 Å². The predicted molar refractivity (Wildman–Crippen MR) is 83.6 cm³/mol. The Morgan fingerprint density at radius 2 is 2.05 bits per heavy atom. The zero-order chi connectivity index (χ0) is 16.3. The van der Waals surface area contributed by atoms with Gasteiger partial charge in [-0.2, -0.15) is 0 Å². The van der Waals surface area contributed by atoms with Gasteiger partial charge in [-0.3, -0.25) is 4.79 Å². The summed E-state index contributed by atoms with van der Waals surface area (Å²) >= 11 is 1.27. The second kappa shape index (κ2) is 6.69. The van der Waals surface area contributed by atoms with Gasteiger partial charge in [0.2, 0.25) is 0 Å². The van der Waals surface area contributed by atoms with Crippen molar-refractivity contribution in [2.24, 2.45) is 0 Å². The number of carboxylic acids is 1. The number of hydrogen-bond acceptors (Lipinski definition) is 7. The molecule has 2 N–H and O–H groups in total. The molecule has 0 saturated carbocycles.